The number of nitrogens with one attached hydrogen (secondary N) is 1. The summed E-state index contributed by atoms with van der Waals surface area (Å²) in [5.41, 5.74) is 3.15. The third-order valence-corrected chi connectivity index (χ3v) is 5.18. The average molecular weight is 416 g/mol. The Morgan fingerprint density at radius 3 is 2.36 bits per heavy atom. The van der Waals surface area contributed by atoms with Crippen molar-refractivity contribution in [2.24, 2.45) is 0 Å². The summed E-state index contributed by atoms with van der Waals surface area (Å²) in [7, 11) is 1.61. The first-order chi connectivity index (χ1) is 13.6. The summed E-state index contributed by atoms with van der Waals surface area (Å²) in [5, 5.41) is 4.68. The molecule has 0 amide bonds. The van der Waals surface area contributed by atoms with Crippen LogP contribution in [0.5, 0.6) is 11.5 Å². The van der Waals surface area contributed by atoms with Crippen molar-refractivity contribution in [3.63, 3.8) is 0 Å². The van der Waals surface area contributed by atoms with E-state index < -0.39 is 0 Å². The first-order valence-corrected chi connectivity index (χ1v) is 9.85. The molecular weight excluding hydrogens is 393 g/mol. The van der Waals surface area contributed by atoms with Crippen LogP contribution in [0.3, 0.4) is 0 Å². The molecule has 0 radical (unpaired) electrons. The van der Waals surface area contributed by atoms with Crippen molar-refractivity contribution in [1.82, 2.24) is 5.32 Å². The second-order valence-electron chi connectivity index (χ2n) is 6.50. The van der Waals surface area contributed by atoms with Crippen molar-refractivity contribution in [2.45, 2.75) is 26.1 Å². The normalized spacial score (nSPS) is 11.9. The zero-order valence-corrected chi connectivity index (χ0v) is 17.4. The number of benzene rings is 3. The number of halogens is 2. The second kappa shape index (κ2) is 9.83. The standard InChI is InChI=1S/C23H23Cl2NO2/c1-16(18-8-4-3-5-9-18)26-14-17-12-21(25)23(22(13-17)27-2)28-15-19-10-6-7-11-20(19)24/h3-13,16,26H,14-15H2,1-2H3/t16-/m0/s1. The molecule has 5 heteroatoms. The van der Waals surface area contributed by atoms with E-state index in [-0.39, 0.29) is 6.04 Å². The van der Waals surface area contributed by atoms with Gasteiger partial charge in [-0.2, -0.15) is 0 Å². The largest absolute Gasteiger partial charge is 0.493 e. The van der Waals surface area contributed by atoms with Gasteiger partial charge in [-0.05, 0) is 36.2 Å². The molecule has 0 saturated carbocycles. The lowest BCUT2D eigenvalue weighted by atomic mass is 10.1. The zero-order chi connectivity index (χ0) is 19.9. The van der Waals surface area contributed by atoms with Crippen LogP contribution in [0.1, 0.15) is 29.7 Å². The number of methoxy groups -OCH3 is 1. The lowest BCUT2D eigenvalue weighted by Gasteiger charge is -2.17. The lowest BCUT2D eigenvalue weighted by Crippen LogP contribution is -2.18. The minimum Gasteiger partial charge on any atom is -0.493 e. The van der Waals surface area contributed by atoms with Crippen molar-refractivity contribution in [3.05, 3.63) is 93.5 Å². The summed E-state index contributed by atoms with van der Waals surface area (Å²) in [5.74, 6) is 1.12. The van der Waals surface area contributed by atoms with Gasteiger partial charge in [-0.15, -0.1) is 0 Å². The van der Waals surface area contributed by atoms with Crippen molar-refractivity contribution in [3.8, 4) is 11.5 Å². The molecule has 0 saturated heterocycles. The molecule has 3 aromatic carbocycles. The predicted molar refractivity (Wildman–Crippen MR) is 115 cm³/mol. The molecule has 0 aliphatic carbocycles. The van der Waals surface area contributed by atoms with Crippen LogP contribution in [-0.2, 0) is 13.2 Å². The first-order valence-electron chi connectivity index (χ1n) is 9.09. The Morgan fingerprint density at radius 1 is 0.929 bits per heavy atom. The van der Waals surface area contributed by atoms with Gasteiger partial charge in [0, 0.05) is 23.2 Å². The maximum atomic E-state index is 6.49. The molecule has 1 atom stereocenters. The van der Waals surface area contributed by atoms with Crippen LogP contribution in [0, 0.1) is 0 Å². The maximum Gasteiger partial charge on any atom is 0.180 e. The fourth-order valence-corrected chi connectivity index (χ4v) is 3.39. The van der Waals surface area contributed by atoms with Crippen LogP contribution in [-0.4, -0.2) is 7.11 Å². The molecule has 3 nitrogen and oxygen atoms in total. The molecule has 3 rings (SSSR count). The number of hydrogen-bond acceptors (Lipinski definition) is 3. The molecule has 0 bridgehead atoms. The van der Waals surface area contributed by atoms with E-state index >= 15 is 0 Å². The van der Waals surface area contributed by atoms with Crippen LogP contribution in [0.2, 0.25) is 10.0 Å². The van der Waals surface area contributed by atoms with Gasteiger partial charge >= 0.3 is 0 Å². The topological polar surface area (TPSA) is 30.5 Å². The molecular formula is C23H23Cl2NO2. The maximum absolute atomic E-state index is 6.49. The second-order valence-corrected chi connectivity index (χ2v) is 7.32. The number of ether oxygens (including phenoxy) is 2. The van der Waals surface area contributed by atoms with Gasteiger partial charge < -0.3 is 14.8 Å². The molecule has 0 aromatic heterocycles. The summed E-state index contributed by atoms with van der Waals surface area (Å²) in [6.07, 6.45) is 0. The molecule has 0 aliphatic heterocycles. The molecule has 0 fully saturated rings. The molecule has 3 aromatic rings. The van der Waals surface area contributed by atoms with E-state index in [1.54, 1.807) is 7.11 Å². The fraction of sp³-hybridized carbons (Fsp3) is 0.217. The fourth-order valence-electron chi connectivity index (χ4n) is 2.91. The van der Waals surface area contributed by atoms with E-state index in [0.29, 0.717) is 34.7 Å². The van der Waals surface area contributed by atoms with Crippen molar-refractivity contribution >= 4 is 23.2 Å². The molecule has 0 spiro atoms. The van der Waals surface area contributed by atoms with E-state index in [4.69, 9.17) is 32.7 Å². The zero-order valence-electron chi connectivity index (χ0n) is 15.9. The van der Waals surface area contributed by atoms with E-state index in [2.05, 4.69) is 24.4 Å². The lowest BCUT2D eigenvalue weighted by molar-refractivity contribution is 0.284. The van der Waals surface area contributed by atoms with Crippen LogP contribution < -0.4 is 14.8 Å². The molecule has 0 heterocycles. The highest BCUT2D eigenvalue weighted by Gasteiger charge is 2.14. The van der Waals surface area contributed by atoms with Crippen molar-refractivity contribution in [1.29, 1.82) is 0 Å². The van der Waals surface area contributed by atoms with Gasteiger partial charge in [0.05, 0.1) is 12.1 Å². The highest BCUT2D eigenvalue weighted by molar-refractivity contribution is 6.32. The summed E-state index contributed by atoms with van der Waals surface area (Å²) >= 11 is 12.7. The van der Waals surface area contributed by atoms with Crippen LogP contribution in [0.15, 0.2) is 66.7 Å². The smallest absolute Gasteiger partial charge is 0.180 e. The van der Waals surface area contributed by atoms with Gasteiger partial charge in [-0.25, -0.2) is 0 Å². The monoisotopic (exact) mass is 415 g/mol. The van der Waals surface area contributed by atoms with E-state index in [9.17, 15) is 0 Å². The Labute approximate surface area is 176 Å². The van der Waals surface area contributed by atoms with Gasteiger partial charge in [0.2, 0.25) is 0 Å². The number of rotatable bonds is 8. The first kappa shape index (κ1) is 20.5. The third-order valence-electron chi connectivity index (χ3n) is 4.53. The van der Waals surface area contributed by atoms with Gasteiger partial charge in [0.1, 0.15) is 6.61 Å². The number of hydrogen-bond donors (Lipinski definition) is 1. The highest BCUT2D eigenvalue weighted by atomic mass is 35.5. The highest BCUT2D eigenvalue weighted by Crippen LogP contribution is 2.37. The van der Waals surface area contributed by atoms with Crippen molar-refractivity contribution < 1.29 is 9.47 Å². The Balaban J connectivity index is 1.69. The van der Waals surface area contributed by atoms with Crippen LogP contribution in [0.4, 0.5) is 0 Å². The summed E-state index contributed by atoms with van der Waals surface area (Å²) in [4.78, 5) is 0. The third kappa shape index (κ3) is 5.20. The van der Waals surface area contributed by atoms with Gasteiger partial charge in [-0.1, -0.05) is 71.7 Å². The quantitative estimate of drug-likeness (QED) is 0.459. The predicted octanol–water partition coefficient (Wildman–Crippen LogP) is 6.43. The molecule has 1 N–H and O–H groups in total. The SMILES string of the molecule is COc1cc(CN[C@@H](C)c2ccccc2)cc(Cl)c1OCc1ccccc1Cl. The Hall–Kier alpha value is -2.20. The molecule has 28 heavy (non-hydrogen) atoms. The summed E-state index contributed by atoms with van der Waals surface area (Å²) in [6, 6.07) is 21.9. The van der Waals surface area contributed by atoms with Crippen LogP contribution >= 0.6 is 23.2 Å². The summed E-state index contributed by atoms with van der Waals surface area (Å²) in [6.45, 7) is 3.12. The summed E-state index contributed by atoms with van der Waals surface area (Å²) < 4.78 is 11.4. The minimum atomic E-state index is 0.224. The van der Waals surface area contributed by atoms with Gasteiger partial charge in [0.15, 0.2) is 11.5 Å². The van der Waals surface area contributed by atoms with E-state index in [0.717, 1.165) is 11.1 Å². The van der Waals surface area contributed by atoms with Gasteiger partial charge in [-0.3, -0.25) is 0 Å². The van der Waals surface area contributed by atoms with Crippen LogP contribution in [0.25, 0.3) is 0 Å². The minimum absolute atomic E-state index is 0.224. The van der Waals surface area contributed by atoms with Gasteiger partial charge in [0.25, 0.3) is 0 Å². The molecule has 0 unspecified atom stereocenters. The molecule has 146 valence electrons. The molecule has 0 aliphatic rings. The van der Waals surface area contributed by atoms with E-state index in [1.165, 1.54) is 5.56 Å². The Bertz CT molecular complexity index is 916. The Kier molecular flexibility index (Phi) is 7.21. The Morgan fingerprint density at radius 2 is 1.64 bits per heavy atom. The van der Waals surface area contributed by atoms with E-state index in [1.807, 2.05) is 54.6 Å². The average Bonchev–Trinajstić information content (AvgIpc) is 2.72. The van der Waals surface area contributed by atoms with Crippen molar-refractivity contribution in [2.75, 3.05) is 7.11 Å².